The maximum Gasteiger partial charge on any atom is 0.258 e. The summed E-state index contributed by atoms with van der Waals surface area (Å²) in [6.45, 7) is 3.08. The van der Waals surface area contributed by atoms with E-state index in [2.05, 4.69) is 21.2 Å². The molecular formula is C19H20BrFN2O3S. The van der Waals surface area contributed by atoms with Gasteiger partial charge in [0.15, 0.2) is 0 Å². The van der Waals surface area contributed by atoms with E-state index >= 15 is 0 Å². The number of nitrogens with one attached hydrogen (secondary N) is 1. The van der Waals surface area contributed by atoms with Crippen LogP contribution in [0.1, 0.15) is 30.1 Å². The van der Waals surface area contributed by atoms with Gasteiger partial charge in [0.1, 0.15) is 5.82 Å². The van der Waals surface area contributed by atoms with Crippen LogP contribution in [0.25, 0.3) is 0 Å². The second-order valence-corrected chi connectivity index (χ2v) is 9.57. The van der Waals surface area contributed by atoms with Gasteiger partial charge in [0, 0.05) is 23.2 Å². The monoisotopic (exact) mass is 454 g/mol. The van der Waals surface area contributed by atoms with Crippen LogP contribution in [0.3, 0.4) is 0 Å². The van der Waals surface area contributed by atoms with Gasteiger partial charge in [-0.1, -0.05) is 22.9 Å². The van der Waals surface area contributed by atoms with Crippen molar-refractivity contribution < 1.29 is 17.6 Å². The molecule has 1 aliphatic heterocycles. The number of piperidine rings is 1. The molecule has 1 atom stereocenters. The Balaban J connectivity index is 1.74. The number of amides is 1. The molecule has 0 bridgehead atoms. The van der Waals surface area contributed by atoms with E-state index in [1.165, 1.54) is 40.7 Å². The largest absolute Gasteiger partial charge is 0.322 e. The molecular weight excluding hydrogens is 435 g/mol. The highest BCUT2D eigenvalue weighted by Crippen LogP contribution is 2.24. The summed E-state index contributed by atoms with van der Waals surface area (Å²) in [6, 6.07) is 10.1. The molecule has 2 aromatic rings. The van der Waals surface area contributed by atoms with Crippen LogP contribution in [-0.4, -0.2) is 31.7 Å². The number of halogens is 2. The zero-order valence-corrected chi connectivity index (χ0v) is 17.2. The van der Waals surface area contributed by atoms with E-state index in [0.29, 0.717) is 29.2 Å². The van der Waals surface area contributed by atoms with Crippen molar-refractivity contribution in [3.63, 3.8) is 0 Å². The number of hydrogen-bond donors (Lipinski definition) is 1. The molecule has 8 heteroatoms. The smallest absolute Gasteiger partial charge is 0.258 e. The topological polar surface area (TPSA) is 66.5 Å². The molecule has 144 valence electrons. The van der Waals surface area contributed by atoms with Gasteiger partial charge in [-0.15, -0.1) is 0 Å². The van der Waals surface area contributed by atoms with Crippen LogP contribution in [0.4, 0.5) is 10.1 Å². The summed E-state index contributed by atoms with van der Waals surface area (Å²) in [7, 11) is -3.55. The number of anilines is 1. The number of hydrogen-bond acceptors (Lipinski definition) is 3. The maximum absolute atomic E-state index is 13.9. The molecule has 0 saturated carbocycles. The Labute approximate surface area is 166 Å². The predicted octanol–water partition coefficient (Wildman–Crippen LogP) is 4.26. The lowest BCUT2D eigenvalue weighted by atomic mass is 10.0. The number of carbonyl (C=O) groups is 1. The van der Waals surface area contributed by atoms with Crippen molar-refractivity contribution in [2.75, 3.05) is 18.4 Å². The van der Waals surface area contributed by atoms with Crippen LogP contribution >= 0.6 is 15.9 Å². The Morgan fingerprint density at radius 2 is 1.93 bits per heavy atom. The third-order valence-electron chi connectivity index (χ3n) is 4.55. The molecule has 0 radical (unpaired) electrons. The van der Waals surface area contributed by atoms with Gasteiger partial charge in [-0.3, -0.25) is 4.79 Å². The minimum Gasteiger partial charge on any atom is -0.322 e. The third kappa shape index (κ3) is 4.56. The lowest BCUT2D eigenvalue weighted by Gasteiger charge is -2.30. The lowest BCUT2D eigenvalue weighted by molar-refractivity contribution is 0.102. The minimum atomic E-state index is -3.55. The van der Waals surface area contributed by atoms with Crippen LogP contribution in [-0.2, 0) is 10.0 Å². The Kier molecular flexibility index (Phi) is 5.98. The fourth-order valence-electron chi connectivity index (χ4n) is 3.10. The predicted molar refractivity (Wildman–Crippen MR) is 106 cm³/mol. The first kappa shape index (κ1) is 20.0. The molecule has 3 rings (SSSR count). The van der Waals surface area contributed by atoms with Crippen LogP contribution in [0.15, 0.2) is 51.8 Å². The van der Waals surface area contributed by atoms with Gasteiger partial charge in [-0.2, -0.15) is 4.31 Å². The van der Waals surface area contributed by atoms with Gasteiger partial charge in [0.25, 0.3) is 5.91 Å². The molecule has 1 fully saturated rings. The second-order valence-electron chi connectivity index (χ2n) is 6.71. The summed E-state index contributed by atoms with van der Waals surface area (Å²) >= 11 is 3.14. The molecule has 0 aliphatic carbocycles. The summed E-state index contributed by atoms with van der Waals surface area (Å²) in [5.41, 5.74) is 0.311. The third-order valence-corrected chi connectivity index (χ3v) is 6.92. The van der Waals surface area contributed by atoms with Crippen molar-refractivity contribution >= 4 is 37.5 Å². The molecule has 1 aliphatic rings. The Morgan fingerprint density at radius 1 is 1.22 bits per heavy atom. The van der Waals surface area contributed by atoms with Crippen LogP contribution in [0, 0.1) is 11.7 Å². The number of rotatable bonds is 4. The summed E-state index contributed by atoms with van der Waals surface area (Å²) < 4.78 is 41.4. The highest BCUT2D eigenvalue weighted by Gasteiger charge is 2.28. The van der Waals surface area contributed by atoms with Crippen LogP contribution in [0.2, 0.25) is 0 Å². The normalized spacial score (nSPS) is 18.3. The van der Waals surface area contributed by atoms with Crippen molar-refractivity contribution in [2.45, 2.75) is 24.7 Å². The standard InChI is InChI=1S/C19H20BrFN2O3S/c1-13-3-2-10-23(12-13)27(25,26)16-7-5-15(6-8-16)22-19(24)17-9-4-14(20)11-18(17)21/h4-9,11,13H,2-3,10,12H2,1H3,(H,22,24). The highest BCUT2D eigenvalue weighted by molar-refractivity contribution is 9.10. The Hall–Kier alpha value is -1.77. The first-order valence-electron chi connectivity index (χ1n) is 8.64. The van der Waals surface area contributed by atoms with Crippen molar-refractivity contribution in [3.05, 3.63) is 58.3 Å². The van der Waals surface area contributed by atoms with Gasteiger partial charge < -0.3 is 5.32 Å². The zero-order valence-electron chi connectivity index (χ0n) is 14.8. The minimum absolute atomic E-state index is 0.0859. The average Bonchev–Trinajstić information content (AvgIpc) is 2.62. The fourth-order valence-corrected chi connectivity index (χ4v) is 5.03. The molecule has 5 nitrogen and oxygen atoms in total. The average molecular weight is 455 g/mol. The molecule has 1 amide bonds. The Morgan fingerprint density at radius 3 is 2.56 bits per heavy atom. The molecule has 0 spiro atoms. The second kappa shape index (κ2) is 8.08. The van der Waals surface area contributed by atoms with E-state index in [1.807, 2.05) is 6.92 Å². The van der Waals surface area contributed by atoms with Crippen LogP contribution < -0.4 is 5.32 Å². The molecule has 1 saturated heterocycles. The maximum atomic E-state index is 13.9. The van der Waals surface area contributed by atoms with Gasteiger partial charge in [0.05, 0.1) is 10.5 Å². The summed E-state index contributed by atoms with van der Waals surface area (Å²) in [4.78, 5) is 12.4. The van der Waals surface area contributed by atoms with Gasteiger partial charge in [0.2, 0.25) is 10.0 Å². The van der Waals surface area contributed by atoms with Crippen molar-refractivity contribution in [3.8, 4) is 0 Å². The van der Waals surface area contributed by atoms with E-state index in [9.17, 15) is 17.6 Å². The van der Waals surface area contributed by atoms with E-state index in [-0.39, 0.29) is 10.5 Å². The SMILES string of the molecule is CC1CCCN(S(=O)(=O)c2ccc(NC(=O)c3ccc(Br)cc3F)cc2)C1. The van der Waals surface area contributed by atoms with Gasteiger partial charge in [-0.25, -0.2) is 12.8 Å². The molecule has 1 N–H and O–H groups in total. The summed E-state index contributed by atoms with van der Waals surface area (Å²) in [5, 5.41) is 2.58. The van der Waals surface area contributed by atoms with E-state index in [4.69, 9.17) is 0 Å². The van der Waals surface area contributed by atoms with Crippen molar-refractivity contribution in [1.29, 1.82) is 0 Å². The quantitative estimate of drug-likeness (QED) is 0.750. The summed E-state index contributed by atoms with van der Waals surface area (Å²) in [6.07, 6.45) is 1.89. The molecule has 0 aromatic heterocycles. The van der Waals surface area contributed by atoms with Crippen molar-refractivity contribution in [1.82, 2.24) is 4.31 Å². The number of sulfonamides is 1. The summed E-state index contributed by atoms with van der Waals surface area (Å²) in [5.74, 6) is -0.895. The zero-order chi connectivity index (χ0) is 19.6. The highest BCUT2D eigenvalue weighted by atomic mass is 79.9. The van der Waals surface area contributed by atoms with Gasteiger partial charge >= 0.3 is 0 Å². The molecule has 27 heavy (non-hydrogen) atoms. The number of carbonyl (C=O) groups excluding carboxylic acids is 1. The Bertz CT molecular complexity index is 948. The van der Waals surface area contributed by atoms with E-state index < -0.39 is 21.7 Å². The van der Waals surface area contributed by atoms with Crippen LogP contribution in [0.5, 0.6) is 0 Å². The number of benzene rings is 2. The van der Waals surface area contributed by atoms with Gasteiger partial charge in [-0.05, 0) is 61.2 Å². The van der Waals surface area contributed by atoms with E-state index in [1.54, 1.807) is 6.07 Å². The van der Waals surface area contributed by atoms with E-state index in [0.717, 1.165) is 12.8 Å². The van der Waals surface area contributed by atoms with Crippen molar-refractivity contribution in [2.24, 2.45) is 5.92 Å². The number of nitrogens with zero attached hydrogens (tertiary/aromatic N) is 1. The fraction of sp³-hybridized carbons (Fsp3) is 0.316. The molecule has 2 aromatic carbocycles. The lowest BCUT2D eigenvalue weighted by Crippen LogP contribution is -2.39. The first-order chi connectivity index (χ1) is 12.8. The first-order valence-corrected chi connectivity index (χ1v) is 10.9. The molecule has 1 unspecified atom stereocenters. The molecule has 1 heterocycles.